The van der Waals surface area contributed by atoms with E-state index in [0.29, 0.717) is 0 Å². The molecule has 0 unspecified atom stereocenters. The number of H-pyrrole nitrogens is 1. The van der Waals surface area contributed by atoms with E-state index in [1.54, 1.807) is 6.92 Å². The number of fused-ring (bicyclic) bond motifs is 4. The van der Waals surface area contributed by atoms with Gasteiger partial charge in [-0.15, -0.1) is 0 Å². The Morgan fingerprint density at radius 3 is 2.65 bits per heavy atom. The van der Waals surface area contributed by atoms with Gasteiger partial charge in [-0.3, -0.25) is 4.98 Å². The molecule has 2 heterocycles. The lowest BCUT2D eigenvalue weighted by Gasteiger charge is -1.97. The number of hydrogen-bond donors (Lipinski definition) is 2. The Kier molecular flexibility index (Phi) is 3.35. The third-order valence-electron chi connectivity index (χ3n) is 3.26. The van der Waals surface area contributed by atoms with E-state index < -0.39 is 0 Å². The molecule has 3 heteroatoms. The van der Waals surface area contributed by atoms with Gasteiger partial charge in [0.25, 0.3) is 0 Å². The van der Waals surface area contributed by atoms with Gasteiger partial charge in [0.2, 0.25) is 0 Å². The molecular formula is C17H16N2O. The second-order valence-electron chi connectivity index (χ2n) is 4.61. The topological polar surface area (TPSA) is 48.9 Å². The largest absolute Gasteiger partial charge is 0.397 e. The molecule has 0 atom stereocenters. The molecule has 0 bridgehead atoms. The molecule has 2 aromatic heterocycles. The normalized spacial score (nSPS) is 10.7. The van der Waals surface area contributed by atoms with Crippen molar-refractivity contribution < 1.29 is 5.11 Å². The second kappa shape index (κ2) is 5.31. The summed E-state index contributed by atoms with van der Waals surface area (Å²) in [5.41, 5.74) is 2.37. The summed E-state index contributed by atoms with van der Waals surface area (Å²) in [7, 11) is 0. The van der Waals surface area contributed by atoms with E-state index in [9.17, 15) is 0 Å². The maximum absolute atomic E-state index is 7.57. The first-order valence-corrected chi connectivity index (χ1v) is 6.68. The molecule has 0 aliphatic heterocycles. The lowest BCUT2D eigenvalue weighted by molar-refractivity contribution is 0.318. The molecule has 0 saturated heterocycles. The number of benzene rings is 2. The Hall–Kier alpha value is -2.39. The summed E-state index contributed by atoms with van der Waals surface area (Å²) in [6, 6.07) is 14.8. The van der Waals surface area contributed by atoms with Crippen LogP contribution in [0, 0.1) is 0 Å². The number of aromatic nitrogens is 2. The summed E-state index contributed by atoms with van der Waals surface area (Å²) in [5.74, 6) is 0. The number of nitrogens with zero attached hydrogens (tertiary/aromatic N) is 1. The van der Waals surface area contributed by atoms with E-state index in [-0.39, 0.29) is 6.61 Å². The summed E-state index contributed by atoms with van der Waals surface area (Å²) < 4.78 is 0. The highest BCUT2D eigenvalue weighted by Crippen LogP contribution is 2.28. The predicted octanol–water partition coefficient (Wildman–Crippen LogP) is 3.87. The van der Waals surface area contributed by atoms with Gasteiger partial charge in [0.1, 0.15) is 0 Å². The minimum Gasteiger partial charge on any atom is -0.397 e. The average Bonchev–Trinajstić information content (AvgIpc) is 2.83. The van der Waals surface area contributed by atoms with Gasteiger partial charge < -0.3 is 10.1 Å². The minimum atomic E-state index is 0.250. The van der Waals surface area contributed by atoms with Crippen molar-refractivity contribution in [2.45, 2.75) is 6.92 Å². The zero-order valence-corrected chi connectivity index (χ0v) is 11.3. The first kappa shape index (κ1) is 12.6. The van der Waals surface area contributed by atoms with Crippen LogP contribution in [0.2, 0.25) is 0 Å². The number of aliphatic hydroxyl groups is 1. The SMILES string of the molecule is CCO.c1ccc2c(c1)[nH]c1cc3ccncc3cc12. The van der Waals surface area contributed by atoms with Gasteiger partial charge >= 0.3 is 0 Å². The molecule has 4 rings (SSSR count). The number of rotatable bonds is 0. The average molecular weight is 264 g/mol. The van der Waals surface area contributed by atoms with Gasteiger partial charge in [-0.05, 0) is 36.6 Å². The fourth-order valence-electron chi connectivity index (χ4n) is 2.43. The molecule has 0 fully saturated rings. The van der Waals surface area contributed by atoms with Crippen LogP contribution in [0.3, 0.4) is 0 Å². The van der Waals surface area contributed by atoms with Crippen molar-refractivity contribution in [2.75, 3.05) is 6.61 Å². The lowest BCUT2D eigenvalue weighted by atomic mass is 10.1. The monoisotopic (exact) mass is 264 g/mol. The number of nitrogens with one attached hydrogen (secondary N) is 1. The molecule has 0 aliphatic carbocycles. The van der Waals surface area contributed by atoms with Gasteiger partial charge in [-0.1, -0.05) is 18.2 Å². The predicted molar refractivity (Wildman–Crippen MR) is 83.9 cm³/mol. The number of aromatic amines is 1. The van der Waals surface area contributed by atoms with Crippen LogP contribution < -0.4 is 0 Å². The van der Waals surface area contributed by atoms with Crippen molar-refractivity contribution in [3.8, 4) is 0 Å². The Bertz CT molecular complexity index is 858. The highest BCUT2D eigenvalue weighted by Gasteiger charge is 2.04. The third-order valence-corrected chi connectivity index (χ3v) is 3.26. The van der Waals surface area contributed by atoms with Gasteiger partial charge in [0.05, 0.1) is 0 Å². The summed E-state index contributed by atoms with van der Waals surface area (Å²) in [4.78, 5) is 7.62. The van der Waals surface area contributed by atoms with Crippen LogP contribution in [0.25, 0.3) is 32.6 Å². The molecule has 100 valence electrons. The van der Waals surface area contributed by atoms with Crippen LogP contribution >= 0.6 is 0 Å². The molecule has 0 saturated carbocycles. The molecule has 20 heavy (non-hydrogen) atoms. The molecule has 3 nitrogen and oxygen atoms in total. The zero-order chi connectivity index (χ0) is 13.9. The van der Waals surface area contributed by atoms with E-state index in [0.717, 1.165) is 0 Å². The maximum Gasteiger partial charge on any atom is 0.0471 e. The van der Waals surface area contributed by atoms with Crippen LogP contribution in [0.1, 0.15) is 6.92 Å². The van der Waals surface area contributed by atoms with Crippen LogP contribution in [0.4, 0.5) is 0 Å². The van der Waals surface area contributed by atoms with Crippen molar-refractivity contribution in [1.82, 2.24) is 9.97 Å². The molecule has 2 N–H and O–H groups in total. The maximum atomic E-state index is 7.57. The second-order valence-corrected chi connectivity index (χ2v) is 4.61. The molecule has 0 aliphatic rings. The molecule has 2 aromatic carbocycles. The smallest absolute Gasteiger partial charge is 0.0471 e. The van der Waals surface area contributed by atoms with Crippen molar-refractivity contribution >= 4 is 32.6 Å². The Labute approximate surface area is 116 Å². The minimum absolute atomic E-state index is 0.250. The van der Waals surface area contributed by atoms with Crippen molar-refractivity contribution in [2.24, 2.45) is 0 Å². The van der Waals surface area contributed by atoms with Gasteiger partial charge in [-0.2, -0.15) is 0 Å². The van der Waals surface area contributed by atoms with Crippen molar-refractivity contribution in [1.29, 1.82) is 0 Å². The van der Waals surface area contributed by atoms with E-state index in [2.05, 4.69) is 46.4 Å². The molecule has 0 spiro atoms. The van der Waals surface area contributed by atoms with Gasteiger partial charge in [-0.25, -0.2) is 0 Å². The summed E-state index contributed by atoms with van der Waals surface area (Å²) in [6.07, 6.45) is 3.74. The van der Waals surface area contributed by atoms with E-state index in [1.807, 2.05) is 18.5 Å². The van der Waals surface area contributed by atoms with Crippen LogP contribution in [0.5, 0.6) is 0 Å². The van der Waals surface area contributed by atoms with Crippen molar-refractivity contribution in [3.63, 3.8) is 0 Å². The van der Waals surface area contributed by atoms with Gasteiger partial charge in [0.15, 0.2) is 0 Å². The third kappa shape index (κ3) is 2.12. The fraction of sp³-hybridized carbons (Fsp3) is 0.118. The fourth-order valence-corrected chi connectivity index (χ4v) is 2.43. The summed E-state index contributed by atoms with van der Waals surface area (Å²) in [5, 5.41) is 12.5. The molecule has 0 radical (unpaired) electrons. The van der Waals surface area contributed by atoms with E-state index in [1.165, 1.54) is 32.6 Å². The van der Waals surface area contributed by atoms with Crippen molar-refractivity contribution in [3.05, 3.63) is 54.9 Å². The number of pyridine rings is 1. The molecular weight excluding hydrogens is 248 g/mol. The Balaban J connectivity index is 0.000000373. The van der Waals surface area contributed by atoms with E-state index >= 15 is 0 Å². The Morgan fingerprint density at radius 1 is 1.00 bits per heavy atom. The standard InChI is InChI=1S/C15H10N2.C2H6O/c1-2-4-14-12(3-1)13-7-11-9-16-6-5-10(11)8-15(13)17-14;1-2-3/h1-9,17H;3H,2H2,1H3. The van der Waals surface area contributed by atoms with Gasteiger partial charge in [0, 0.05) is 46.2 Å². The number of hydrogen-bond acceptors (Lipinski definition) is 2. The highest BCUT2D eigenvalue weighted by atomic mass is 16.2. The highest BCUT2D eigenvalue weighted by molar-refractivity contribution is 6.11. The zero-order valence-electron chi connectivity index (χ0n) is 11.3. The Morgan fingerprint density at radius 2 is 1.80 bits per heavy atom. The number of para-hydroxylation sites is 1. The quantitative estimate of drug-likeness (QED) is 0.506. The summed E-state index contributed by atoms with van der Waals surface area (Å²) in [6.45, 7) is 1.93. The first-order valence-electron chi connectivity index (χ1n) is 6.68. The number of aliphatic hydroxyl groups excluding tert-OH is 1. The molecule has 4 aromatic rings. The summed E-state index contributed by atoms with van der Waals surface area (Å²) >= 11 is 0. The van der Waals surface area contributed by atoms with Crippen LogP contribution in [0.15, 0.2) is 54.9 Å². The van der Waals surface area contributed by atoms with E-state index in [4.69, 9.17) is 5.11 Å². The molecule has 0 amide bonds. The first-order chi connectivity index (χ1) is 9.83. The lowest BCUT2D eigenvalue weighted by Crippen LogP contribution is -1.75. The van der Waals surface area contributed by atoms with Crippen LogP contribution in [-0.4, -0.2) is 21.7 Å². The van der Waals surface area contributed by atoms with Crippen LogP contribution in [-0.2, 0) is 0 Å².